The fourth-order valence-electron chi connectivity index (χ4n) is 2.71. The first-order chi connectivity index (χ1) is 13.7. The van der Waals surface area contributed by atoms with Crippen LogP contribution in [0.25, 0.3) is 21.7 Å². The molecule has 3 rings (SSSR count). The molecular formula is C21H21NO7. The molecule has 0 radical (unpaired) electrons. The molecule has 1 amide bonds. The van der Waals surface area contributed by atoms with E-state index < -0.39 is 23.3 Å². The molecule has 0 saturated carbocycles. The van der Waals surface area contributed by atoms with E-state index >= 15 is 0 Å². The minimum Gasteiger partial charge on any atom is -0.497 e. The normalized spacial score (nSPS) is 11.3. The van der Waals surface area contributed by atoms with Gasteiger partial charge in [-0.05, 0) is 51.1 Å². The van der Waals surface area contributed by atoms with Crippen molar-refractivity contribution in [2.45, 2.75) is 26.4 Å². The first-order valence-electron chi connectivity index (χ1n) is 8.88. The Labute approximate surface area is 166 Å². The fraction of sp³-hybridized carbons (Fsp3) is 0.286. The Bertz CT molecular complexity index is 1140. The predicted molar refractivity (Wildman–Crippen MR) is 106 cm³/mol. The van der Waals surface area contributed by atoms with Crippen molar-refractivity contribution >= 4 is 33.8 Å². The average Bonchev–Trinajstić information content (AvgIpc) is 2.64. The maximum absolute atomic E-state index is 12.3. The lowest BCUT2D eigenvalue weighted by atomic mass is 10.1. The molecule has 0 unspecified atom stereocenters. The lowest BCUT2D eigenvalue weighted by Crippen LogP contribution is -2.36. The van der Waals surface area contributed by atoms with Crippen molar-refractivity contribution in [1.29, 1.82) is 0 Å². The third kappa shape index (κ3) is 4.84. The SMILES string of the molecule is COc1ccc2c(c1)c(=O)oc1cc(OC(=O)CNC(=O)OC(C)(C)C)ccc12. The van der Waals surface area contributed by atoms with E-state index in [2.05, 4.69) is 5.32 Å². The van der Waals surface area contributed by atoms with E-state index in [9.17, 15) is 14.4 Å². The van der Waals surface area contributed by atoms with Crippen molar-refractivity contribution in [2.75, 3.05) is 13.7 Å². The van der Waals surface area contributed by atoms with Crippen LogP contribution in [0, 0.1) is 0 Å². The summed E-state index contributed by atoms with van der Waals surface area (Å²) in [5.74, 6) is 0.0415. The van der Waals surface area contributed by atoms with Crippen LogP contribution in [0.2, 0.25) is 0 Å². The van der Waals surface area contributed by atoms with Gasteiger partial charge in [-0.25, -0.2) is 14.4 Å². The number of alkyl carbamates (subject to hydrolysis) is 1. The van der Waals surface area contributed by atoms with Gasteiger partial charge in [-0.3, -0.25) is 0 Å². The van der Waals surface area contributed by atoms with Crippen LogP contribution in [-0.4, -0.2) is 31.3 Å². The number of nitrogens with one attached hydrogen (secondary N) is 1. The maximum Gasteiger partial charge on any atom is 0.408 e. The van der Waals surface area contributed by atoms with Gasteiger partial charge in [-0.2, -0.15) is 0 Å². The second-order valence-corrected chi connectivity index (χ2v) is 7.29. The summed E-state index contributed by atoms with van der Waals surface area (Å²) in [7, 11) is 1.52. The summed E-state index contributed by atoms with van der Waals surface area (Å²) in [6, 6.07) is 9.85. The zero-order valence-electron chi connectivity index (χ0n) is 16.5. The van der Waals surface area contributed by atoms with E-state index in [4.69, 9.17) is 18.6 Å². The molecule has 0 aliphatic heterocycles. The van der Waals surface area contributed by atoms with E-state index in [1.54, 1.807) is 51.1 Å². The van der Waals surface area contributed by atoms with Gasteiger partial charge in [0.2, 0.25) is 0 Å². The fourth-order valence-corrected chi connectivity index (χ4v) is 2.71. The molecule has 3 aromatic rings. The topological polar surface area (TPSA) is 104 Å². The van der Waals surface area contributed by atoms with Gasteiger partial charge in [0.25, 0.3) is 0 Å². The summed E-state index contributed by atoms with van der Waals surface area (Å²) >= 11 is 0. The largest absolute Gasteiger partial charge is 0.497 e. The molecule has 1 N–H and O–H groups in total. The second-order valence-electron chi connectivity index (χ2n) is 7.29. The molecule has 0 fully saturated rings. The second kappa shape index (κ2) is 7.83. The summed E-state index contributed by atoms with van der Waals surface area (Å²) in [5.41, 5.74) is -0.920. The van der Waals surface area contributed by atoms with Crippen LogP contribution in [-0.2, 0) is 9.53 Å². The Kier molecular flexibility index (Phi) is 5.45. The lowest BCUT2D eigenvalue weighted by Gasteiger charge is -2.19. The third-order valence-corrected chi connectivity index (χ3v) is 3.90. The van der Waals surface area contributed by atoms with Crippen molar-refractivity contribution in [3.8, 4) is 11.5 Å². The number of hydrogen-bond donors (Lipinski definition) is 1. The number of ether oxygens (including phenoxy) is 3. The molecule has 0 aliphatic carbocycles. The van der Waals surface area contributed by atoms with Gasteiger partial charge in [0.1, 0.15) is 29.2 Å². The molecular weight excluding hydrogens is 378 g/mol. The minimum atomic E-state index is -0.721. The van der Waals surface area contributed by atoms with Gasteiger partial charge in [0.15, 0.2) is 0 Å². The first kappa shape index (κ1) is 20.2. The first-order valence-corrected chi connectivity index (χ1v) is 8.88. The van der Waals surface area contributed by atoms with Gasteiger partial charge < -0.3 is 23.9 Å². The summed E-state index contributed by atoms with van der Waals surface area (Å²) in [6.45, 7) is 4.78. The van der Waals surface area contributed by atoms with E-state index in [1.807, 2.05) is 0 Å². The van der Waals surface area contributed by atoms with Crippen LogP contribution in [0.1, 0.15) is 20.8 Å². The molecule has 1 heterocycles. The summed E-state index contributed by atoms with van der Waals surface area (Å²) in [5, 5.41) is 4.10. The predicted octanol–water partition coefficient (Wildman–Crippen LogP) is 3.38. The highest BCUT2D eigenvalue weighted by molar-refractivity contribution is 6.05. The number of amides is 1. The molecule has 152 valence electrons. The average molecular weight is 399 g/mol. The van der Waals surface area contributed by atoms with Crippen LogP contribution >= 0.6 is 0 Å². The third-order valence-electron chi connectivity index (χ3n) is 3.90. The molecule has 0 aliphatic rings. The highest BCUT2D eigenvalue weighted by Gasteiger charge is 2.17. The van der Waals surface area contributed by atoms with Gasteiger partial charge in [0, 0.05) is 16.8 Å². The number of rotatable bonds is 4. The molecule has 29 heavy (non-hydrogen) atoms. The Balaban J connectivity index is 1.78. The minimum absolute atomic E-state index is 0.185. The molecule has 0 saturated heterocycles. The number of carbonyl (C=O) groups excluding carboxylic acids is 2. The number of carbonyl (C=O) groups is 2. The molecule has 0 bridgehead atoms. The van der Waals surface area contributed by atoms with Crippen molar-refractivity contribution in [3.63, 3.8) is 0 Å². The number of benzene rings is 2. The monoisotopic (exact) mass is 399 g/mol. The van der Waals surface area contributed by atoms with Gasteiger partial charge in [-0.1, -0.05) is 0 Å². The van der Waals surface area contributed by atoms with Crippen molar-refractivity contribution in [2.24, 2.45) is 0 Å². The highest BCUT2D eigenvalue weighted by Crippen LogP contribution is 2.28. The van der Waals surface area contributed by atoms with Crippen molar-refractivity contribution in [3.05, 3.63) is 46.8 Å². The van der Waals surface area contributed by atoms with Crippen LogP contribution < -0.4 is 20.4 Å². The molecule has 8 nitrogen and oxygen atoms in total. The quantitative estimate of drug-likeness (QED) is 0.310. The van der Waals surface area contributed by atoms with E-state index in [-0.39, 0.29) is 17.9 Å². The number of hydrogen-bond acceptors (Lipinski definition) is 7. The Morgan fingerprint density at radius 2 is 1.69 bits per heavy atom. The molecule has 0 atom stereocenters. The smallest absolute Gasteiger partial charge is 0.408 e. The van der Waals surface area contributed by atoms with Crippen molar-refractivity contribution in [1.82, 2.24) is 5.32 Å². The van der Waals surface area contributed by atoms with Crippen LogP contribution in [0.3, 0.4) is 0 Å². The lowest BCUT2D eigenvalue weighted by molar-refractivity contribution is -0.133. The molecule has 2 aromatic carbocycles. The summed E-state index contributed by atoms with van der Waals surface area (Å²) in [6.07, 6.45) is -0.721. The van der Waals surface area contributed by atoms with E-state index in [0.717, 1.165) is 0 Å². The summed E-state index contributed by atoms with van der Waals surface area (Å²) < 4.78 is 20.7. The molecule has 0 spiro atoms. The molecule has 8 heteroatoms. The number of fused-ring (bicyclic) bond motifs is 3. The van der Waals surface area contributed by atoms with Crippen LogP contribution in [0.4, 0.5) is 4.79 Å². The van der Waals surface area contributed by atoms with Crippen LogP contribution in [0.15, 0.2) is 45.6 Å². The Morgan fingerprint density at radius 1 is 1.00 bits per heavy atom. The van der Waals surface area contributed by atoms with Gasteiger partial charge in [-0.15, -0.1) is 0 Å². The maximum atomic E-state index is 12.3. The summed E-state index contributed by atoms with van der Waals surface area (Å²) in [4.78, 5) is 35.9. The Morgan fingerprint density at radius 3 is 2.38 bits per heavy atom. The zero-order chi connectivity index (χ0) is 21.2. The highest BCUT2D eigenvalue weighted by atomic mass is 16.6. The standard InChI is InChI=1S/C21H21NO7/c1-21(2,3)29-20(25)22-11-18(23)27-13-6-8-15-14-7-5-12(26-4)9-16(14)19(24)28-17(15)10-13/h5-10H,11H2,1-4H3,(H,22,25). The number of methoxy groups -OCH3 is 1. The number of esters is 1. The zero-order valence-corrected chi connectivity index (χ0v) is 16.5. The van der Waals surface area contributed by atoms with Crippen molar-refractivity contribution < 1.29 is 28.2 Å². The molecule has 1 aromatic heterocycles. The van der Waals surface area contributed by atoms with Crippen LogP contribution in [0.5, 0.6) is 11.5 Å². The Hall–Kier alpha value is -3.55. The van der Waals surface area contributed by atoms with E-state index in [1.165, 1.54) is 13.2 Å². The van der Waals surface area contributed by atoms with E-state index in [0.29, 0.717) is 21.9 Å². The van der Waals surface area contributed by atoms with Gasteiger partial charge >= 0.3 is 17.7 Å². The van der Waals surface area contributed by atoms with Gasteiger partial charge in [0.05, 0.1) is 12.5 Å².